The number of hydrogen-bond acceptors (Lipinski definition) is 7. The molecule has 0 radical (unpaired) electrons. The lowest BCUT2D eigenvalue weighted by atomic mass is 9.87. The maximum Gasteiger partial charge on any atom is 0.231 e. The predicted molar refractivity (Wildman–Crippen MR) is 114 cm³/mol. The van der Waals surface area contributed by atoms with Crippen LogP contribution in [-0.2, 0) is 58.0 Å². The SMILES string of the molecule is COC1COc2c(S(=O)(=O)CC(=O)Cc3c4c(c(C#N)c5c3CCC5)CCC4)cnn2C1. The second-order valence-corrected chi connectivity index (χ2v) is 10.7. The molecule has 0 spiro atoms. The first-order valence-corrected chi connectivity index (χ1v) is 12.6. The summed E-state index contributed by atoms with van der Waals surface area (Å²) in [6, 6.07) is 2.39. The summed E-state index contributed by atoms with van der Waals surface area (Å²) in [5.74, 6) is -0.763. The first kappa shape index (κ1) is 21.2. The molecule has 0 bridgehead atoms. The number of hydrogen-bond donors (Lipinski definition) is 0. The van der Waals surface area contributed by atoms with Crippen LogP contribution in [0.25, 0.3) is 0 Å². The van der Waals surface area contributed by atoms with Crippen LogP contribution in [0.2, 0.25) is 0 Å². The fourth-order valence-electron chi connectivity index (χ4n) is 5.36. The fourth-order valence-corrected chi connectivity index (χ4v) is 6.68. The highest BCUT2D eigenvalue weighted by molar-refractivity contribution is 7.92. The molecule has 2 aliphatic carbocycles. The third-order valence-electron chi connectivity index (χ3n) is 6.82. The van der Waals surface area contributed by atoms with Gasteiger partial charge in [0.25, 0.3) is 0 Å². The van der Waals surface area contributed by atoms with Gasteiger partial charge >= 0.3 is 0 Å². The van der Waals surface area contributed by atoms with Gasteiger partial charge in [0.15, 0.2) is 15.6 Å². The maximum absolute atomic E-state index is 13.1. The van der Waals surface area contributed by atoms with Crippen LogP contribution in [0, 0.1) is 11.3 Å². The van der Waals surface area contributed by atoms with Crippen molar-refractivity contribution in [2.24, 2.45) is 0 Å². The molecule has 3 aliphatic rings. The standard InChI is InChI=1S/C23H25N3O5S/c1-30-15-11-26-23(31-12-15)22(10-25-26)32(28,29)13-14(27)8-20-16-4-2-6-18(16)21(9-24)19-7-3-5-17(19)20/h10,15H,2-8,11-13H2,1H3. The highest BCUT2D eigenvalue weighted by Gasteiger charge is 2.33. The number of carbonyl (C=O) groups is 1. The summed E-state index contributed by atoms with van der Waals surface area (Å²) in [6.07, 6.45) is 6.49. The molecule has 8 nitrogen and oxygen atoms in total. The number of benzene rings is 1. The normalized spacial score (nSPS) is 19.1. The van der Waals surface area contributed by atoms with Gasteiger partial charge in [-0.25, -0.2) is 13.1 Å². The van der Waals surface area contributed by atoms with E-state index in [0.29, 0.717) is 6.54 Å². The molecule has 9 heteroatoms. The number of methoxy groups -OCH3 is 1. The van der Waals surface area contributed by atoms with Crippen molar-refractivity contribution in [2.45, 2.75) is 62.5 Å². The van der Waals surface area contributed by atoms with E-state index in [1.54, 1.807) is 7.11 Å². The molecular formula is C23H25N3O5S. The largest absolute Gasteiger partial charge is 0.474 e. The van der Waals surface area contributed by atoms with Crippen LogP contribution in [0.15, 0.2) is 11.1 Å². The van der Waals surface area contributed by atoms with Gasteiger partial charge < -0.3 is 9.47 Å². The zero-order chi connectivity index (χ0) is 22.5. The van der Waals surface area contributed by atoms with Gasteiger partial charge in [-0.05, 0) is 66.3 Å². The zero-order valence-electron chi connectivity index (χ0n) is 18.0. The van der Waals surface area contributed by atoms with E-state index in [1.165, 1.54) is 10.9 Å². The lowest BCUT2D eigenvalue weighted by molar-refractivity contribution is -0.116. The quantitative estimate of drug-likeness (QED) is 0.652. The minimum Gasteiger partial charge on any atom is -0.474 e. The molecular weight excluding hydrogens is 430 g/mol. The highest BCUT2D eigenvalue weighted by atomic mass is 32.2. The first-order chi connectivity index (χ1) is 15.4. The summed E-state index contributed by atoms with van der Waals surface area (Å²) in [7, 11) is -2.33. The molecule has 1 aromatic heterocycles. The Hall–Kier alpha value is -2.70. The molecule has 0 N–H and O–H groups in total. The molecule has 5 rings (SSSR count). The van der Waals surface area contributed by atoms with Gasteiger partial charge in [0.1, 0.15) is 23.4 Å². The summed E-state index contributed by atoms with van der Waals surface area (Å²) in [5, 5.41) is 13.8. The number of ether oxygens (including phenoxy) is 2. The van der Waals surface area contributed by atoms with Crippen molar-refractivity contribution in [2.75, 3.05) is 19.5 Å². The van der Waals surface area contributed by atoms with E-state index in [9.17, 15) is 18.5 Å². The number of nitrogens with zero attached hydrogens (tertiary/aromatic N) is 3. The third kappa shape index (κ3) is 3.42. The number of ketones is 1. The van der Waals surface area contributed by atoms with E-state index in [4.69, 9.17) is 9.47 Å². The number of nitriles is 1. The Morgan fingerprint density at radius 1 is 1.22 bits per heavy atom. The molecule has 0 fully saturated rings. The Morgan fingerprint density at radius 3 is 2.50 bits per heavy atom. The van der Waals surface area contributed by atoms with Crippen LogP contribution >= 0.6 is 0 Å². The minimum atomic E-state index is -3.89. The van der Waals surface area contributed by atoms with E-state index in [2.05, 4.69) is 11.2 Å². The van der Waals surface area contributed by atoms with Crippen LogP contribution < -0.4 is 4.74 Å². The monoisotopic (exact) mass is 455 g/mol. The topological polar surface area (TPSA) is 111 Å². The van der Waals surface area contributed by atoms with Gasteiger partial charge in [-0.2, -0.15) is 10.4 Å². The lowest BCUT2D eigenvalue weighted by Gasteiger charge is -2.23. The molecule has 1 atom stereocenters. The van der Waals surface area contributed by atoms with Gasteiger partial charge in [0.05, 0.1) is 24.4 Å². The second kappa shape index (κ2) is 8.01. The molecule has 168 valence electrons. The van der Waals surface area contributed by atoms with E-state index < -0.39 is 15.6 Å². The van der Waals surface area contributed by atoms with Crippen molar-refractivity contribution in [3.63, 3.8) is 0 Å². The third-order valence-corrected chi connectivity index (χ3v) is 8.47. The maximum atomic E-state index is 13.1. The van der Waals surface area contributed by atoms with Crippen molar-refractivity contribution >= 4 is 15.6 Å². The smallest absolute Gasteiger partial charge is 0.231 e. The van der Waals surface area contributed by atoms with Gasteiger partial charge in [-0.1, -0.05) is 0 Å². The number of fused-ring (bicyclic) bond motifs is 3. The van der Waals surface area contributed by atoms with Crippen LogP contribution in [0.3, 0.4) is 0 Å². The Bertz CT molecular complexity index is 1220. The molecule has 2 heterocycles. The zero-order valence-corrected chi connectivity index (χ0v) is 18.8. The number of carbonyl (C=O) groups excluding carboxylic acids is 1. The molecule has 0 saturated carbocycles. The molecule has 1 aromatic carbocycles. The predicted octanol–water partition coefficient (Wildman–Crippen LogP) is 1.73. The first-order valence-electron chi connectivity index (χ1n) is 11.0. The average Bonchev–Trinajstić information content (AvgIpc) is 3.51. The fraction of sp³-hybridized carbons (Fsp3) is 0.522. The summed E-state index contributed by atoms with van der Waals surface area (Å²) in [5.41, 5.74) is 6.12. The second-order valence-electron chi connectivity index (χ2n) is 8.73. The van der Waals surface area contributed by atoms with Crippen LogP contribution in [0.1, 0.15) is 46.2 Å². The van der Waals surface area contributed by atoms with Gasteiger partial charge in [0, 0.05) is 13.5 Å². The van der Waals surface area contributed by atoms with Gasteiger partial charge in [-0.15, -0.1) is 0 Å². The van der Waals surface area contributed by atoms with Crippen LogP contribution in [-0.4, -0.2) is 49.6 Å². The number of Topliss-reactive ketones (excluding diaryl/α,β-unsaturated/α-hetero) is 1. The van der Waals surface area contributed by atoms with Crippen molar-refractivity contribution in [1.82, 2.24) is 9.78 Å². The van der Waals surface area contributed by atoms with Crippen LogP contribution in [0.5, 0.6) is 5.88 Å². The molecule has 1 unspecified atom stereocenters. The number of sulfone groups is 1. The highest BCUT2D eigenvalue weighted by Crippen LogP contribution is 2.39. The lowest BCUT2D eigenvalue weighted by Crippen LogP contribution is -2.32. The molecule has 1 aliphatic heterocycles. The molecule has 0 amide bonds. The van der Waals surface area contributed by atoms with Gasteiger partial charge in [0.2, 0.25) is 5.88 Å². The Balaban J connectivity index is 1.41. The Morgan fingerprint density at radius 2 is 1.88 bits per heavy atom. The molecule has 2 aromatic rings. The number of rotatable bonds is 6. The summed E-state index contributed by atoms with van der Waals surface area (Å²) < 4.78 is 38.4. The number of aromatic nitrogens is 2. The Kier molecular flexibility index (Phi) is 5.30. The van der Waals surface area contributed by atoms with Crippen molar-refractivity contribution in [3.8, 4) is 11.9 Å². The minimum absolute atomic E-state index is 0.0457. The van der Waals surface area contributed by atoms with Crippen molar-refractivity contribution in [1.29, 1.82) is 5.26 Å². The van der Waals surface area contributed by atoms with E-state index in [-0.39, 0.29) is 35.7 Å². The summed E-state index contributed by atoms with van der Waals surface area (Å²) >= 11 is 0. The van der Waals surface area contributed by atoms with Gasteiger partial charge in [-0.3, -0.25) is 4.79 Å². The van der Waals surface area contributed by atoms with E-state index in [0.717, 1.165) is 71.9 Å². The van der Waals surface area contributed by atoms with Crippen LogP contribution in [0.4, 0.5) is 0 Å². The van der Waals surface area contributed by atoms with E-state index in [1.807, 2.05) is 0 Å². The average molecular weight is 456 g/mol. The Labute approximate surface area is 187 Å². The van der Waals surface area contributed by atoms with E-state index >= 15 is 0 Å². The molecule has 0 saturated heterocycles. The van der Waals surface area contributed by atoms with Crippen molar-refractivity contribution in [3.05, 3.63) is 39.6 Å². The summed E-state index contributed by atoms with van der Waals surface area (Å²) in [6.45, 7) is 0.640. The molecule has 32 heavy (non-hydrogen) atoms. The van der Waals surface area contributed by atoms with Crippen molar-refractivity contribution < 1.29 is 22.7 Å². The summed E-state index contributed by atoms with van der Waals surface area (Å²) in [4.78, 5) is 13.0.